The standard InChI is InChI=1S/C17H19NO2/c1-12-9-16(18-14(3)19)10-13(2)17(12)20-11-15-7-5-4-6-8-15/h4-10H,11H2,1-3H3,(H,18,19). The summed E-state index contributed by atoms with van der Waals surface area (Å²) in [6.45, 7) is 6.02. The first kappa shape index (κ1) is 14.1. The van der Waals surface area contributed by atoms with Gasteiger partial charge >= 0.3 is 0 Å². The number of carbonyl (C=O) groups excluding carboxylic acids is 1. The largest absolute Gasteiger partial charge is 0.488 e. The molecular weight excluding hydrogens is 250 g/mol. The van der Waals surface area contributed by atoms with Crippen molar-refractivity contribution in [3.8, 4) is 5.75 Å². The van der Waals surface area contributed by atoms with Gasteiger partial charge in [-0.2, -0.15) is 0 Å². The molecule has 0 aliphatic carbocycles. The SMILES string of the molecule is CC(=O)Nc1cc(C)c(OCc2ccccc2)c(C)c1. The maximum Gasteiger partial charge on any atom is 0.221 e. The van der Waals surface area contributed by atoms with E-state index in [4.69, 9.17) is 4.74 Å². The Balaban J connectivity index is 2.14. The molecule has 2 rings (SSSR count). The van der Waals surface area contributed by atoms with Gasteiger partial charge in [-0.15, -0.1) is 0 Å². The second kappa shape index (κ2) is 6.24. The van der Waals surface area contributed by atoms with Crippen LogP contribution in [0.5, 0.6) is 5.75 Å². The van der Waals surface area contributed by atoms with Gasteiger partial charge in [0.15, 0.2) is 0 Å². The first-order valence-electron chi connectivity index (χ1n) is 6.62. The van der Waals surface area contributed by atoms with Crippen LogP contribution in [0.15, 0.2) is 42.5 Å². The van der Waals surface area contributed by atoms with Crippen LogP contribution in [0.2, 0.25) is 0 Å². The summed E-state index contributed by atoms with van der Waals surface area (Å²) in [6, 6.07) is 13.9. The molecule has 0 aliphatic rings. The first-order chi connectivity index (χ1) is 9.56. The Labute approximate surface area is 119 Å². The zero-order valence-corrected chi connectivity index (χ0v) is 12.1. The van der Waals surface area contributed by atoms with Crippen LogP contribution < -0.4 is 10.1 Å². The number of aryl methyl sites for hydroxylation is 2. The molecule has 0 atom stereocenters. The van der Waals surface area contributed by atoms with Crippen molar-refractivity contribution in [2.75, 3.05) is 5.32 Å². The Morgan fingerprint density at radius 3 is 2.25 bits per heavy atom. The van der Waals surface area contributed by atoms with Gasteiger partial charge in [-0.25, -0.2) is 0 Å². The predicted octanol–water partition coefficient (Wildman–Crippen LogP) is 3.84. The summed E-state index contributed by atoms with van der Waals surface area (Å²) in [7, 11) is 0. The number of carbonyl (C=O) groups is 1. The second-order valence-corrected chi connectivity index (χ2v) is 4.89. The lowest BCUT2D eigenvalue weighted by Gasteiger charge is -2.14. The molecule has 2 aromatic carbocycles. The molecule has 0 saturated heterocycles. The van der Waals surface area contributed by atoms with Gasteiger partial charge < -0.3 is 10.1 Å². The highest BCUT2D eigenvalue weighted by atomic mass is 16.5. The van der Waals surface area contributed by atoms with Gasteiger partial charge in [0.2, 0.25) is 5.91 Å². The van der Waals surface area contributed by atoms with Crippen molar-refractivity contribution in [2.45, 2.75) is 27.4 Å². The van der Waals surface area contributed by atoms with E-state index in [1.165, 1.54) is 6.92 Å². The van der Waals surface area contributed by atoms with E-state index in [-0.39, 0.29) is 5.91 Å². The van der Waals surface area contributed by atoms with Crippen molar-refractivity contribution in [1.29, 1.82) is 0 Å². The molecule has 3 heteroatoms. The molecule has 1 N–H and O–H groups in total. The van der Waals surface area contributed by atoms with Crippen LogP contribution in [0.25, 0.3) is 0 Å². The van der Waals surface area contributed by atoms with Crippen molar-refractivity contribution in [3.05, 3.63) is 59.2 Å². The van der Waals surface area contributed by atoms with Gasteiger partial charge in [-0.3, -0.25) is 4.79 Å². The van der Waals surface area contributed by atoms with Gasteiger partial charge in [0.1, 0.15) is 12.4 Å². The fraction of sp³-hybridized carbons (Fsp3) is 0.235. The van der Waals surface area contributed by atoms with E-state index in [9.17, 15) is 4.79 Å². The van der Waals surface area contributed by atoms with Crippen molar-refractivity contribution in [1.82, 2.24) is 0 Å². The van der Waals surface area contributed by atoms with Crippen LogP contribution in [-0.4, -0.2) is 5.91 Å². The summed E-state index contributed by atoms with van der Waals surface area (Å²) >= 11 is 0. The minimum absolute atomic E-state index is 0.0678. The van der Waals surface area contributed by atoms with Crippen molar-refractivity contribution in [3.63, 3.8) is 0 Å². The molecule has 0 heterocycles. The normalized spacial score (nSPS) is 10.2. The monoisotopic (exact) mass is 269 g/mol. The summed E-state index contributed by atoms with van der Waals surface area (Å²) in [5.41, 5.74) is 3.98. The summed E-state index contributed by atoms with van der Waals surface area (Å²) in [5.74, 6) is 0.810. The second-order valence-electron chi connectivity index (χ2n) is 4.89. The van der Waals surface area contributed by atoms with E-state index >= 15 is 0 Å². The number of benzene rings is 2. The molecule has 0 radical (unpaired) electrons. The molecule has 104 valence electrons. The van der Waals surface area contributed by atoms with E-state index in [0.717, 1.165) is 28.1 Å². The Morgan fingerprint density at radius 2 is 1.70 bits per heavy atom. The van der Waals surface area contributed by atoms with Crippen LogP contribution in [0.1, 0.15) is 23.6 Å². The van der Waals surface area contributed by atoms with Gasteiger partial charge in [-0.05, 0) is 42.7 Å². The average Bonchev–Trinajstić information content (AvgIpc) is 2.38. The first-order valence-corrected chi connectivity index (χ1v) is 6.62. The van der Waals surface area contributed by atoms with Crippen molar-refractivity contribution < 1.29 is 9.53 Å². The number of anilines is 1. The third-order valence-corrected chi connectivity index (χ3v) is 3.01. The number of hydrogen-bond donors (Lipinski definition) is 1. The van der Waals surface area contributed by atoms with E-state index in [0.29, 0.717) is 6.61 Å². The molecule has 0 spiro atoms. The quantitative estimate of drug-likeness (QED) is 0.915. The third-order valence-electron chi connectivity index (χ3n) is 3.01. The molecule has 0 aromatic heterocycles. The smallest absolute Gasteiger partial charge is 0.221 e. The predicted molar refractivity (Wildman–Crippen MR) is 81.0 cm³/mol. The van der Waals surface area contributed by atoms with Crippen LogP contribution in [-0.2, 0) is 11.4 Å². The zero-order chi connectivity index (χ0) is 14.5. The van der Waals surface area contributed by atoms with Gasteiger partial charge in [0.05, 0.1) is 0 Å². The van der Waals surface area contributed by atoms with E-state index in [1.54, 1.807) is 0 Å². The molecule has 0 saturated carbocycles. The van der Waals surface area contributed by atoms with E-state index in [1.807, 2.05) is 56.3 Å². The third kappa shape index (κ3) is 3.60. The molecule has 0 aliphatic heterocycles. The molecule has 20 heavy (non-hydrogen) atoms. The van der Waals surface area contributed by atoms with E-state index < -0.39 is 0 Å². The summed E-state index contributed by atoms with van der Waals surface area (Å²) in [6.07, 6.45) is 0. The van der Waals surface area contributed by atoms with Crippen LogP contribution in [0.4, 0.5) is 5.69 Å². The maximum absolute atomic E-state index is 11.1. The lowest BCUT2D eigenvalue weighted by atomic mass is 10.1. The molecule has 2 aromatic rings. The van der Waals surface area contributed by atoms with Gasteiger partial charge in [-0.1, -0.05) is 30.3 Å². The van der Waals surface area contributed by atoms with Crippen molar-refractivity contribution >= 4 is 11.6 Å². The van der Waals surface area contributed by atoms with Crippen LogP contribution in [0.3, 0.4) is 0 Å². The topological polar surface area (TPSA) is 38.3 Å². The lowest BCUT2D eigenvalue weighted by Crippen LogP contribution is -2.07. The number of hydrogen-bond acceptors (Lipinski definition) is 2. The Morgan fingerprint density at radius 1 is 1.10 bits per heavy atom. The van der Waals surface area contributed by atoms with Crippen molar-refractivity contribution in [2.24, 2.45) is 0 Å². The summed E-state index contributed by atoms with van der Waals surface area (Å²) in [4.78, 5) is 11.1. The van der Waals surface area contributed by atoms with Gasteiger partial charge in [0.25, 0.3) is 0 Å². The zero-order valence-electron chi connectivity index (χ0n) is 12.1. The minimum atomic E-state index is -0.0678. The highest BCUT2D eigenvalue weighted by molar-refractivity contribution is 5.89. The summed E-state index contributed by atoms with van der Waals surface area (Å²) in [5, 5.41) is 2.79. The van der Waals surface area contributed by atoms with E-state index in [2.05, 4.69) is 5.32 Å². The molecule has 1 amide bonds. The molecule has 3 nitrogen and oxygen atoms in total. The Hall–Kier alpha value is -2.29. The van der Waals surface area contributed by atoms with Crippen LogP contribution in [0, 0.1) is 13.8 Å². The number of ether oxygens (including phenoxy) is 1. The fourth-order valence-electron chi connectivity index (χ4n) is 2.18. The highest BCUT2D eigenvalue weighted by Crippen LogP contribution is 2.28. The number of nitrogens with one attached hydrogen (secondary N) is 1. The molecule has 0 fully saturated rings. The minimum Gasteiger partial charge on any atom is -0.488 e. The lowest BCUT2D eigenvalue weighted by molar-refractivity contribution is -0.114. The van der Waals surface area contributed by atoms with Crippen LogP contribution >= 0.6 is 0 Å². The number of amides is 1. The molecule has 0 bridgehead atoms. The maximum atomic E-state index is 11.1. The van der Waals surface area contributed by atoms with Gasteiger partial charge in [0, 0.05) is 12.6 Å². The Kier molecular flexibility index (Phi) is 4.41. The fourth-order valence-corrected chi connectivity index (χ4v) is 2.18. The molecule has 0 unspecified atom stereocenters. The number of rotatable bonds is 4. The summed E-state index contributed by atoms with van der Waals surface area (Å²) < 4.78 is 5.90. The Bertz CT molecular complexity index is 583. The average molecular weight is 269 g/mol. The molecular formula is C17H19NO2. The highest BCUT2D eigenvalue weighted by Gasteiger charge is 2.07.